The summed E-state index contributed by atoms with van der Waals surface area (Å²) < 4.78 is 6.17. The highest BCUT2D eigenvalue weighted by molar-refractivity contribution is 5.91. The molecule has 1 saturated carbocycles. The van der Waals surface area contributed by atoms with E-state index in [1.54, 1.807) is 0 Å². The second kappa shape index (κ2) is 10.9. The topological polar surface area (TPSA) is 62.6 Å². The molecular formula is C30H34N2O3. The third-order valence-corrected chi connectivity index (χ3v) is 7.37. The normalized spacial score (nSPS) is 15.7. The van der Waals surface area contributed by atoms with E-state index in [1.807, 2.05) is 53.4 Å². The molecule has 2 heterocycles. The van der Waals surface area contributed by atoms with Crippen molar-refractivity contribution in [3.8, 4) is 11.3 Å². The van der Waals surface area contributed by atoms with Gasteiger partial charge in [-0.1, -0.05) is 68.1 Å². The second-order valence-electron chi connectivity index (χ2n) is 9.93. The third kappa shape index (κ3) is 6.02. The number of fused-ring (bicyclic) bond motifs is 1. The van der Waals surface area contributed by atoms with Gasteiger partial charge >= 0.3 is 0 Å². The number of hydrogen-bond acceptors (Lipinski definition) is 3. The van der Waals surface area contributed by atoms with Crippen LogP contribution in [-0.2, 0) is 29.0 Å². The highest BCUT2D eigenvalue weighted by atomic mass is 16.3. The number of carbonyl (C=O) groups excluding carboxylic acids is 2. The van der Waals surface area contributed by atoms with Crippen molar-refractivity contribution in [1.29, 1.82) is 0 Å². The lowest BCUT2D eigenvalue weighted by molar-refractivity contribution is -0.132. The quantitative estimate of drug-likeness (QED) is 0.416. The van der Waals surface area contributed by atoms with Gasteiger partial charge in [-0.2, -0.15) is 0 Å². The Kier molecular flexibility index (Phi) is 7.31. The minimum absolute atomic E-state index is 0.0810. The van der Waals surface area contributed by atoms with Crippen LogP contribution in [0.15, 0.2) is 65.1 Å². The van der Waals surface area contributed by atoms with Gasteiger partial charge in [-0.25, -0.2) is 0 Å². The van der Waals surface area contributed by atoms with Gasteiger partial charge in [0.05, 0.1) is 0 Å². The van der Waals surface area contributed by atoms with Crippen molar-refractivity contribution in [3.63, 3.8) is 0 Å². The van der Waals surface area contributed by atoms with Gasteiger partial charge in [-0.15, -0.1) is 0 Å². The van der Waals surface area contributed by atoms with Gasteiger partial charge in [0.25, 0.3) is 0 Å². The van der Waals surface area contributed by atoms with E-state index in [0.717, 1.165) is 47.6 Å². The van der Waals surface area contributed by atoms with Crippen LogP contribution in [0.25, 0.3) is 11.3 Å². The zero-order chi connectivity index (χ0) is 24.0. The number of anilines is 1. The fraction of sp³-hybridized carbons (Fsp3) is 0.400. The van der Waals surface area contributed by atoms with Crippen LogP contribution in [0.5, 0.6) is 0 Å². The first-order valence-corrected chi connectivity index (χ1v) is 13.0. The summed E-state index contributed by atoms with van der Waals surface area (Å²) in [6.07, 6.45) is 8.72. The van der Waals surface area contributed by atoms with Crippen LogP contribution < -0.4 is 5.32 Å². The Bertz CT molecular complexity index is 1160. The van der Waals surface area contributed by atoms with Gasteiger partial charge in [-0.3, -0.25) is 9.59 Å². The molecule has 0 radical (unpaired) electrons. The Morgan fingerprint density at radius 2 is 1.80 bits per heavy atom. The van der Waals surface area contributed by atoms with Crippen LogP contribution in [0.4, 0.5) is 5.69 Å². The maximum absolute atomic E-state index is 12.8. The van der Waals surface area contributed by atoms with E-state index in [1.165, 1.54) is 31.2 Å². The lowest BCUT2D eigenvalue weighted by Crippen LogP contribution is -2.35. The number of amides is 2. The van der Waals surface area contributed by atoms with Gasteiger partial charge in [-0.05, 0) is 42.5 Å². The summed E-state index contributed by atoms with van der Waals surface area (Å²) in [5.74, 6) is 2.72. The van der Waals surface area contributed by atoms with Gasteiger partial charge < -0.3 is 14.6 Å². The summed E-state index contributed by atoms with van der Waals surface area (Å²) in [6, 6.07) is 20.0. The number of hydrogen-bond donors (Lipinski definition) is 1. The summed E-state index contributed by atoms with van der Waals surface area (Å²) in [7, 11) is 0. The molecule has 5 heteroatoms. The Labute approximate surface area is 207 Å². The van der Waals surface area contributed by atoms with E-state index < -0.39 is 0 Å². The molecule has 0 atom stereocenters. The monoisotopic (exact) mass is 470 g/mol. The zero-order valence-electron chi connectivity index (χ0n) is 20.3. The van der Waals surface area contributed by atoms with Crippen LogP contribution >= 0.6 is 0 Å². The van der Waals surface area contributed by atoms with E-state index in [9.17, 15) is 9.59 Å². The van der Waals surface area contributed by atoms with E-state index in [4.69, 9.17) is 4.42 Å². The average Bonchev–Trinajstić information content (AvgIpc) is 3.56. The van der Waals surface area contributed by atoms with E-state index in [-0.39, 0.29) is 11.8 Å². The lowest BCUT2D eigenvalue weighted by atomic mass is 10.0. The van der Waals surface area contributed by atoms with Crippen LogP contribution in [0.3, 0.4) is 0 Å². The summed E-state index contributed by atoms with van der Waals surface area (Å²) in [5.41, 5.74) is 4.00. The summed E-state index contributed by atoms with van der Waals surface area (Å²) >= 11 is 0. The van der Waals surface area contributed by atoms with Crippen molar-refractivity contribution in [1.82, 2.24) is 4.90 Å². The molecule has 2 amide bonds. The van der Waals surface area contributed by atoms with Gasteiger partial charge in [0.15, 0.2) is 0 Å². The van der Waals surface area contributed by atoms with Crippen molar-refractivity contribution in [3.05, 3.63) is 77.6 Å². The molecule has 2 aliphatic rings. The maximum Gasteiger partial charge on any atom is 0.224 e. The lowest BCUT2D eigenvalue weighted by Gasteiger charge is -2.26. The standard InChI is InChI=1S/C30H34N2O3/c33-29(15-13-22-9-4-5-10-22)31-26-12-6-11-24(19-26)28-20-25-21-32(18-17-27(25)35-28)30(34)16-14-23-7-2-1-3-8-23/h1-3,6-8,11-12,19-20,22H,4-5,9-10,13-18,21H2,(H,31,33). The molecule has 5 nitrogen and oxygen atoms in total. The predicted molar refractivity (Wildman–Crippen MR) is 138 cm³/mol. The van der Waals surface area contributed by atoms with E-state index in [0.29, 0.717) is 31.8 Å². The number of carbonyl (C=O) groups is 2. The SMILES string of the molecule is O=C(CCC1CCCC1)Nc1cccc(-c2cc3c(o2)CCN(C(=O)CCc2ccccc2)C3)c1. The molecule has 1 aromatic heterocycles. The molecule has 2 aromatic carbocycles. The molecule has 0 saturated heterocycles. The highest BCUT2D eigenvalue weighted by Gasteiger charge is 2.24. The molecule has 0 spiro atoms. The number of furan rings is 1. The van der Waals surface area contributed by atoms with Crippen molar-refractivity contribution in [2.45, 2.75) is 64.3 Å². The maximum atomic E-state index is 12.8. The number of rotatable bonds is 8. The molecule has 1 aliphatic carbocycles. The van der Waals surface area contributed by atoms with E-state index >= 15 is 0 Å². The van der Waals surface area contributed by atoms with Crippen LogP contribution in [0, 0.1) is 5.92 Å². The number of benzene rings is 2. The van der Waals surface area contributed by atoms with E-state index in [2.05, 4.69) is 17.4 Å². The fourth-order valence-electron chi connectivity index (χ4n) is 5.35. The fourth-order valence-corrected chi connectivity index (χ4v) is 5.35. The zero-order valence-corrected chi connectivity index (χ0v) is 20.3. The van der Waals surface area contributed by atoms with Crippen molar-refractivity contribution in [2.24, 2.45) is 5.92 Å². The Morgan fingerprint density at radius 1 is 0.971 bits per heavy atom. The summed E-state index contributed by atoms with van der Waals surface area (Å²) in [5, 5.41) is 3.05. The molecule has 3 aromatic rings. The first kappa shape index (κ1) is 23.4. The minimum atomic E-state index is 0.0810. The average molecular weight is 471 g/mol. The highest BCUT2D eigenvalue weighted by Crippen LogP contribution is 2.32. The van der Waals surface area contributed by atoms with Gasteiger partial charge in [0, 0.05) is 49.2 Å². The predicted octanol–water partition coefficient (Wildman–Crippen LogP) is 6.37. The first-order chi connectivity index (χ1) is 17.1. The largest absolute Gasteiger partial charge is 0.461 e. The van der Waals surface area contributed by atoms with Crippen LogP contribution in [-0.4, -0.2) is 23.3 Å². The Morgan fingerprint density at radius 3 is 2.63 bits per heavy atom. The minimum Gasteiger partial charge on any atom is -0.461 e. The molecule has 1 N–H and O–H groups in total. The second-order valence-corrected chi connectivity index (χ2v) is 9.93. The Hall–Kier alpha value is -3.34. The summed E-state index contributed by atoms with van der Waals surface area (Å²) in [4.78, 5) is 27.2. The molecule has 5 rings (SSSR count). The van der Waals surface area contributed by atoms with Crippen LogP contribution in [0.2, 0.25) is 0 Å². The Balaban J connectivity index is 1.18. The van der Waals surface area contributed by atoms with Crippen molar-refractivity contribution < 1.29 is 14.0 Å². The van der Waals surface area contributed by atoms with Crippen molar-refractivity contribution in [2.75, 3.05) is 11.9 Å². The molecule has 1 aliphatic heterocycles. The molecule has 0 unspecified atom stereocenters. The first-order valence-electron chi connectivity index (χ1n) is 13.0. The number of nitrogens with one attached hydrogen (secondary N) is 1. The third-order valence-electron chi connectivity index (χ3n) is 7.37. The number of nitrogens with zero attached hydrogens (tertiary/aromatic N) is 1. The molecule has 182 valence electrons. The molecular weight excluding hydrogens is 436 g/mol. The molecule has 1 fully saturated rings. The number of aryl methyl sites for hydroxylation is 1. The van der Waals surface area contributed by atoms with Crippen molar-refractivity contribution >= 4 is 17.5 Å². The summed E-state index contributed by atoms with van der Waals surface area (Å²) in [6.45, 7) is 1.27. The smallest absolute Gasteiger partial charge is 0.224 e. The van der Waals surface area contributed by atoms with Gasteiger partial charge in [0.1, 0.15) is 11.5 Å². The molecule has 0 bridgehead atoms. The van der Waals surface area contributed by atoms with Gasteiger partial charge in [0.2, 0.25) is 11.8 Å². The molecule has 35 heavy (non-hydrogen) atoms. The van der Waals surface area contributed by atoms with Crippen LogP contribution in [0.1, 0.15) is 61.8 Å².